The van der Waals surface area contributed by atoms with E-state index in [4.69, 9.17) is 0 Å². The lowest BCUT2D eigenvalue weighted by atomic mass is 9.96. The standard InChI is InChI=1S/C17H20N2O4S/c1-12-7-8-14(17(20)21)10-19(12)24(22,23)11-15-5-2-4-13-6-3-9-18-16(13)15/h2-6,9,12,14H,7-8,10-11H2,1H3,(H,20,21). The Morgan fingerprint density at radius 3 is 2.79 bits per heavy atom. The van der Waals surface area contributed by atoms with Crippen molar-refractivity contribution >= 4 is 26.9 Å². The van der Waals surface area contributed by atoms with E-state index >= 15 is 0 Å². The lowest BCUT2D eigenvalue weighted by molar-refractivity contribution is -0.143. The summed E-state index contributed by atoms with van der Waals surface area (Å²) < 4.78 is 27.1. The highest BCUT2D eigenvalue weighted by atomic mass is 32.2. The van der Waals surface area contributed by atoms with Crippen molar-refractivity contribution in [3.8, 4) is 0 Å². The van der Waals surface area contributed by atoms with Crippen LogP contribution >= 0.6 is 0 Å². The zero-order chi connectivity index (χ0) is 17.3. The van der Waals surface area contributed by atoms with E-state index < -0.39 is 21.9 Å². The summed E-state index contributed by atoms with van der Waals surface area (Å²) in [4.78, 5) is 15.5. The molecule has 0 bridgehead atoms. The number of sulfonamides is 1. The van der Waals surface area contributed by atoms with E-state index in [9.17, 15) is 18.3 Å². The zero-order valence-corrected chi connectivity index (χ0v) is 14.2. The van der Waals surface area contributed by atoms with Crippen molar-refractivity contribution < 1.29 is 18.3 Å². The number of para-hydroxylation sites is 1. The molecule has 2 atom stereocenters. The highest BCUT2D eigenvalue weighted by Crippen LogP contribution is 2.27. The summed E-state index contributed by atoms with van der Waals surface area (Å²) >= 11 is 0. The van der Waals surface area contributed by atoms with E-state index in [1.165, 1.54) is 4.31 Å². The van der Waals surface area contributed by atoms with Crippen molar-refractivity contribution in [2.75, 3.05) is 6.54 Å². The highest BCUT2D eigenvalue weighted by Gasteiger charge is 2.36. The Hall–Kier alpha value is -1.99. The van der Waals surface area contributed by atoms with Crippen molar-refractivity contribution in [3.05, 3.63) is 42.1 Å². The number of aromatic nitrogens is 1. The first-order chi connectivity index (χ1) is 11.4. The molecule has 6 nitrogen and oxygen atoms in total. The molecule has 2 aromatic rings. The van der Waals surface area contributed by atoms with Crippen molar-refractivity contribution in [2.24, 2.45) is 5.92 Å². The van der Waals surface area contributed by atoms with Crippen molar-refractivity contribution in [3.63, 3.8) is 0 Å². The van der Waals surface area contributed by atoms with Crippen LogP contribution in [0, 0.1) is 5.92 Å². The van der Waals surface area contributed by atoms with Gasteiger partial charge in [-0.05, 0) is 31.4 Å². The van der Waals surface area contributed by atoms with E-state index in [1.54, 1.807) is 12.3 Å². The van der Waals surface area contributed by atoms with Gasteiger partial charge in [-0.15, -0.1) is 0 Å². The van der Waals surface area contributed by atoms with Gasteiger partial charge in [-0.3, -0.25) is 9.78 Å². The van der Waals surface area contributed by atoms with Crippen LogP contribution in [-0.2, 0) is 20.6 Å². The molecule has 1 aliphatic heterocycles. The molecule has 0 saturated carbocycles. The quantitative estimate of drug-likeness (QED) is 0.915. The Bertz CT molecular complexity index is 861. The van der Waals surface area contributed by atoms with E-state index in [-0.39, 0.29) is 18.3 Å². The maximum Gasteiger partial charge on any atom is 0.307 e. The molecule has 1 aromatic heterocycles. The van der Waals surface area contributed by atoms with Gasteiger partial charge < -0.3 is 5.11 Å². The molecule has 0 spiro atoms. The van der Waals surface area contributed by atoms with Gasteiger partial charge in [0, 0.05) is 24.2 Å². The molecule has 1 aromatic carbocycles. The van der Waals surface area contributed by atoms with Gasteiger partial charge in [0.2, 0.25) is 10.0 Å². The Kier molecular flexibility index (Phi) is 4.56. The van der Waals surface area contributed by atoms with Gasteiger partial charge in [0.1, 0.15) is 0 Å². The van der Waals surface area contributed by atoms with Crippen LogP contribution in [0.1, 0.15) is 25.3 Å². The van der Waals surface area contributed by atoms with E-state index in [0.717, 1.165) is 5.39 Å². The van der Waals surface area contributed by atoms with Crippen LogP contribution < -0.4 is 0 Å². The first-order valence-electron chi connectivity index (χ1n) is 7.93. The van der Waals surface area contributed by atoms with Crippen LogP contribution in [0.5, 0.6) is 0 Å². The number of hydrogen-bond acceptors (Lipinski definition) is 4. The summed E-state index contributed by atoms with van der Waals surface area (Å²) in [7, 11) is -3.61. The first kappa shape index (κ1) is 16.9. The number of pyridine rings is 1. The van der Waals surface area contributed by atoms with Crippen LogP contribution in [0.2, 0.25) is 0 Å². The van der Waals surface area contributed by atoms with Crippen molar-refractivity contribution in [1.29, 1.82) is 0 Å². The van der Waals surface area contributed by atoms with Gasteiger partial charge in [-0.25, -0.2) is 8.42 Å². The summed E-state index contributed by atoms with van der Waals surface area (Å²) in [6.45, 7) is 1.87. The number of carbonyl (C=O) groups is 1. The molecule has 2 heterocycles. The smallest absolute Gasteiger partial charge is 0.307 e. The zero-order valence-electron chi connectivity index (χ0n) is 13.4. The second kappa shape index (κ2) is 6.49. The van der Waals surface area contributed by atoms with Crippen LogP contribution in [0.3, 0.4) is 0 Å². The van der Waals surface area contributed by atoms with E-state index in [2.05, 4.69) is 4.98 Å². The fourth-order valence-electron chi connectivity index (χ4n) is 3.23. The molecule has 2 unspecified atom stereocenters. The Morgan fingerprint density at radius 2 is 2.04 bits per heavy atom. The van der Waals surface area contributed by atoms with Crippen LogP contribution in [0.4, 0.5) is 0 Å². The number of aliphatic carboxylic acids is 1. The number of fused-ring (bicyclic) bond motifs is 1. The summed E-state index contributed by atoms with van der Waals surface area (Å²) in [6, 6.07) is 8.98. The number of carboxylic acids is 1. The number of nitrogens with zero attached hydrogens (tertiary/aromatic N) is 2. The lowest BCUT2D eigenvalue weighted by Crippen LogP contribution is -2.47. The molecular formula is C17H20N2O4S. The normalized spacial score (nSPS) is 22.5. The minimum Gasteiger partial charge on any atom is -0.481 e. The molecule has 0 radical (unpaired) electrons. The number of carboxylic acid groups (broad SMARTS) is 1. The van der Waals surface area contributed by atoms with Gasteiger partial charge in [0.05, 0.1) is 17.2 Å². The Morgan fingerprint density at radius 1 is 1.29 bits per heavy atom. The maximum absolute atomic E-state index is 12.9. The van der Waals surface area contributed by atoms with Gasteiger partial charge in [-0.2, -0.15) is 4.31 Å². The van der Waals surface area contributed by atoms with Gasteiger partial charge in [0.15, 0.2) is 0 Å². The van der Waals surface area contributed by atoms with E-state index in [0.29, 0.717) is 23.9 Å². The van der Waals surface area contributed by atoms with Gasteiger partial charge in [0.25, 0.3) is 0 Å². The van der Waals surface area contributed by atoms with Gasteiger partial charge >= 0.3 is 5.97 Å². The summed E-state index contributed by atoms with van der Waals surface area (Å²) in [6.07, 6.45) is 2.71. The van der Waals surface area contributed by atoms with E-state index in [1.807, 2.05) is 31.2 Å². The largest absolute Gasteiger partial charge is 0.481 e. The number of benzene rings is 1. The molecular weight excluding hydrogens is 328 g/mol. The minimum atomic E-state index is -3.61. The monoisotopic (exact) mass is 348 g/mol. The molecule has 1 aliphatic rings. The second-order valence-electron chi connectivity index (χ2n) is 6.28. The van der Waals surface area contributed by atoms with Crippen molar-refractivity contribution in [1.82, 2.24) is 9.29 Å². The molecule has 0 aliphatic carbocycles. The van der Waals surface area contributed by atoms with Crippen LogP contribution in [0.15, 0.2) is 36.5 Å². The molecule has 128 valence electrons. The maximum atomic E-state index is 12.9. The summed E-state index contributed by atoms with van der Waals surface area (Å²) in [5.74, 6) is -1.74. The number of piperidine rings is 1. The fraction of sp³-hybridized carbons (Fsp3) is 0.412. The molecule has 1 N–H and O–H groups in total. The predicted octanol–water partition coefficient (Wildman–Crippen LogP) is 2.25. The Labute approximate surface area is 141 Å². The molecule has 24 heavy (non-hydrogen) atoms. The predicted molar refractivity (Wildman–Crippen MR) is 90.9 cm³/mol. The number of hydrogen-bond donors (Lipinski definition) is 1. The number of rotatable bonds is 4. The third-order valence-electron chi connectivity index (χ3n) is 4.59. The van der Waals surface area contributed by atoms with Crippen molar-refractivity contribution in [2.45, 2.75) is 31.6 Å². The third kappa shape index (κ3) is 3.27. The van der Waals surface area contributed by atoms with Gasteiger partial charge in [-0.1, -0.05) is 24.3 Å². The second-order valence-corrected chi connectivity index (χ2v) is 8.20. The lowest BCUT2D eigenvalue weighted by Gasteiger charge is -2.35. The van der Waals surface area contributed by atoms with Crippen LogP contribution in [-0.4, -0.2) is 41.4 Å². The average molecular weight is 348 g/mol. The minimum absolute atomic E-state index is 0.0387. The molecule has 7 heteroatoms. The average Bonchev–Trinajstić information content (AvgIpc) is 2.55. The third-order valence-corrected chi connectivity index (χ3v) is 6.48. The highest BCUT2D eigenvalue weighted by molar-refractivity contribution is 7.88. The first-order valence-corrected chi connectivity index (χ1v) is 9.54. The molecule has 3 rings (SSSR count). The fourth-order valence-corrected chi connectivity index (χ4v) is 5.08. The topological polar surface area (TPSA) is 87.6 Å². The van der Waals surface area contributed by atoms with Crippen LogP contribution in [0.25, 0.3) is 10.9 Å². The molecule has 1 fully saturated rings. The molecule has 1 saturated heterocycles. The Balaban J connectivity index is 1.91. The summed E-state index contributed by atoms with van der Waals surface area (Å²) in [5.41, 5.74) is 1.31. The SMILES string of the molecule is CC1CCC(C(=O)O)CN1S(=O)(=O)Cc1cccc2cccnc12. The summed E-state index contributed by atoms with van der Waals surface area (Å²) in [5, 5.41) is 10.1. The molecule has 0 amide bonds.